The molecule has 0 fully saturated rings. The van der Waals surface area contributed by atoms with Crippen molar-refractivity contribution in [1.82, 2.24) is 0 Å². The molecule has 0 aliphatic rings. The first kappa shape index (κ1) is 36.4. The van der Waals surface area contributed by atoms with E-state index in [0.29, 0.717) is 6.79 Å². The Labute approximate surface area is 232 Å². The van der Waals surface area contributed by atoms with Crippen molar-refractivity contribution in [2.75, 3.05) is 26.6 Å². The fraction of sp³-hybridized carbons (Fsp3) is 0.939. The zero-order chi connectivity index (χ0) is 26.9. The van der Waals surface area contributed by atoms with Gasteiger partial charge in [0.1, 0.15) is 0 Å². The van der Waals surface area contributed by atoms with Gasteiger partial charge in [0, 0.05) is 13.2 Å². The molecule has 0 saturated carbocycles. The number of rotatable bonds is 32. The highest BCUT2D eigenvalue weighted by Gasteiger charge is 2.09. The van der Waals surface area contributed by atoms with E-state index in [9.17, 15) is 0 Å². The molecule has 0 aliphatic carbocycles. The average molecular weight is 527 g/mol. The Morgan fingerprint density at radius 2 is 0.946 bits per heavy atom. The van der Waals surface area contributed by atoms with E-state index in [1.807, 2.05) is 6.26 Å². The van der Waals surface area contributed by atoms with Crippen LogP contribution in [-0.4, -0.2) is 32.9 Å². The molecule has 222 valence electrons. The fourth-order valence-electron chi connectivity index (χ4n) is 4.43. The van der Waals surface area contributed by atoms with E-state index in [0.717, 1.165) is 51.9 Å². The third kappa shape index (κ3) is 31.5. The minimum atomic E-state index is 0.0122. The van der Waals surface area contributed by atoms with Crippen molar-refractivity contribution >= 4 is 0 Å². The summed E-state index contributed by atoms with van der Waals surface area (Å²) in [5.74, 6) is 0. The van der Waals surface area contributed by atoms with Gasteiger partial charge in [0.15, 0.2) is 13.1 Å². The fourth-order valence-corrected chi connectivity index (χ4v) is 4.43. The third-order valence-electron chi connectivity index (χ3n) is 6.90. The summed E-state index contributed by atoms with van der Waals surface area (Å²) in [5.41, 5.74) is 0. The molecule has 0 heterocycles. The second-order valence-corrected chi connectivity index (χ2v) is 10.7. The molecule has 0 aromatic carbocycles. The summed E-state index contributed by atoms with van der Waals surface area (Å²) in [5, 5.41) is 0. The van der Waals surface area contributed by atoms with Crippen molar-refractivity contribution in [3.8, 4) is 0 Å². The van der Waals surface area contributed by atoms with Crippen LogP contribution >= 0.6 is 0 Å². The molecule has 0 bridgehead atoms. The van der Waals surface area contributed by atoms with E-state index >= 15 is 0 Å². The minimum Gasteiger partial charge on any atom is -0.475 e. The van der Waals surface area contributed by atoms with Crippen LogP contribution in [0.1, 0.15) is 168 Å². The number of unbranched alkanes of at least 4 members (excludes halogenated alkanes) is 18. The average Bonchev–Trinajstić information content (AvgIpc) is 2.91. The number of allylic oxidation sites excluding steroid dienone is 1. The SMILES string of the molecule is CCCCCCCCOCOC=CCCCCCCCCCC(OCCCCCC)OCCCCCC. The monoisotopic (exact) mass is 526 g/mol. The lowest BCUT2D eigenvalue weighted by molar-refractivity contribution is -0.148. The van der Waals surface area contributed by atoms with Crippen molar-refractivity contribution < 1.29 is 18.9 Å². The van der Waals surface area contributed by atoms with Crippen LogP contribution in [-0.2, 0) is 18.9 Å². The number of hydrogen-bond donors (Lipinski definition) is 0. The molecule has 0 spiro atoms. The van der Waals surface area contributed by atoms with E-state index in [1.165, 1.54) is 116 Å². The first-order chi connectivity index (χ1) is 18.3. The molecule has 0 N–H and O–H groups in total. The van der Waals surface area contributed by atoms with Crippen LogP contribution in [0.25, 0.3) is 0 Å². The van der Waals surface area contributed by atoms with Gasteiger partial charge in [-0.05, 0) is 51.0 Å². The van der Waals surface area contributed by atoms with Crippen LogP contribution in [0, 0.1) is 0 Å². The molecule has 0 saturated heterocycles. The molecule has 4 heteroatoms. The van der Waals surface area contributed by atoms with E-state index in [-0.39, 0.29) is 6.29 Å². The molecule has 4 nitrogen and oxygen atoms in total. The molecular formula is C33H66O4. The molecular weight excluding hydrogens is 460 g/mol. The summed E-state index contributed by atoms with van der Waals surface area (Å²) >= 11 is 0. The second kappa shape index (κ2) is 33.4. The van der Waals surface area contributed by atoms with Crippen molar-refractivity contribution in [2.45, 2.75) is 175 Å². The van der Waals surface area contributed by atoms with Gasteiger partial charge in [-0.25, -0.2) is 0 Å². The maximum absolute atomic E-state index is 6.09. The minimum absolute atomic E-state index is 0.0122. The highest BCUT2D eigenvalue weighted by molar-refractivity contribution is 4.72. The van der Waals surface area contributed by atoms with Gasteiger partial charge >= 0.3 is 0 Å². The maximum Gasteiger partial charge on any atom is 0.188 e. The molecule has 0 aromatic rings. The first-order valence-corrected chi connectivity index (χ1v) is 16.4. The van der Waals surface area contributed by atoms with Crippen molar-refractivity contribution in [3.63, 3.8) is 0 Å². The summed E-state index contributed by atoms with van der Waals surface area (Å²) in [7, 11) is 0. The van der Waals surface area contributed by atoms with Gasteiger partial charge in [0.05, 0.1) is 12.9 Å². The summed E-state index contributed by atoms with van der Waals surface area (Å²) in [6, 6.07) is 0. The van der Waals surface area contributed by atoms with Gasteiger partial charge in [-0.3, -0.25) is 0 Å². The highest BCUT2D eigenvalue weighted by Crippen LogP contribution is 2.14. The van der Waals surface area contributed by atoms with E-state index in [2.05, 4.69) is 26.8 Å². The van der Waals surface area contributed by atoms with Gasteiger partial charge in [-0.15, -0.1) is 0 Å². The Morgan fingerprint density at radius 3 is 1.54 bits per heavy atom. The Kier molecular flexibility index (Phi) is 32.9. The van der Waals surface area contributed by atoms with E-state index in [1.54, 1.807) is 0 Å². The lowest BCUT2D eigenvalue weighted by atomic mass is 10.1. The Balaban J connectivity index is 3.54. The van der Waals surface area contributed by atoms with Crippen molar-refractivity contribution in [2.24, 2.45) is 0 Å². The van der Waals surface area contributed by atoms with Crippen LogP contribution in [0.3, 0.4) is 0 Å². The van der Waals surface area contributed by atoms with Crippen molar-refractivity contribution in [3.05, 3.63) is 12.3 Å². The topological polar surface area (TPSA) is 36.9 Å². The lowest BCUT2D eigenvalue weighted by Crippen LogP contribution is -2.19. The quantitative estimate of drug-likeness (QED) is 0.0496. The zero-order valence-electron chi connectivity index (χ0n) is 25.5. The number of hydrogen-bond acceptors (Lipinski definition) is 4. The Morgan fingerprint density at radius 1 is 0.486 bits per heavy atom. The van der Waals surface area contributed by atoms with E-state index in [4.69, 9.17) is 18.9 Å². The summed E-state index contributed by atoms with van der Waals surface area (Å²) in [6.07, 6.45) is 33.0. The van der Waals surface area contributed by atoms with E-state index < -0.39 is 0 Å². The van der Waals surface area contributed by atoms with Crippen LogP contribution in [0.2, 0.25) is 0 Å². The standard InChI is InChI=1S/C33H66O4/c1-4-7-10-13-20-23-28-34-32-35-29-24-21-18-16-14-15-17-19-22-27-33(36-30-25-11-8-5-2)37-31-26-12-9-6-3/h24,29,33H,4-23,25-28,30-32H2,1-3H3. The van der Waals surface area contributed by atoms with Gasteiger partial charge < -0.3 is 18.9 Å². The maximum atomic E-state index is 6.09. The molecule has 0 aliphatic heterocycles. The van der Waals surface area contributed by atoms with Crippen LogP contribution < -0.4 is 0 Å². The molecule has 0 unspecified atom stereocenters. The van der Waals surface area contributed by atoms with Gasteiger partial charge in [-0.2, -0.15) is 0 Å². The summed E-state index contributed by atoms with van der Waals surface area (Å²) in [4.78, 5) is 0. The van der Waals surface area contributed by atoms with Crippen LogP contribution in [0.15, 0.2) is 12.3 Å². The smallest absolute Gasteiger partial charge is 0.188 e. The zero-order valence-corrected chi connectivity index (χ0v) is 25.5. The molecule has 0 aromatic heterocycles. The summed E-state index contributed by atoms with van der Waals surface area (Å²) in [6.45, 7) is 9.68. The first-order valence-electron chi connectivity index (χ1n) is 16.4. The predicted octanol–water partition coefficient (Wildman–Crippen LogP) is 10.9. The van der Waals surface area contributed by atoms with Gasteiger partial charge in [0.2, 0.25) is 0 Å². The molecule has 0 amide bonds. The third-order valence-corrected chi connectivity index (χ3v) is 6.90. The van der Waals surface area contributed by atoms with Gasteiger partial charge in [-0.1, -0.05) is 124 Å². The normalized spacial score (nSPS) is 11.8. The molecule has 0 atom stereocenters. The predicted molar refractivity (Wildman–Crippen MR) is 160 cm³/mol. The number of ether oxygens (including phenoxy) is 4. The molecule has 0 radical (unpaired) electrons. The van der Waals surface area contributed by atoms with Crippen molar-refractivity contribution in [1.29, 1.82) is 0 Å². The molecule has 0 rings (SSSR count). The van der Waals surface area contributed by atoms with Gasteiger partial charge in [0.25, 0.3) is 0 Å². The summed E-state index contributed by atoms with van der Waals surface area (Å²) < 4.78 is 23.1. The van der Waals surface area contributed by atoms with Crippen LogP contribution in [0.5, 0.6) is 0 Å². The largest absolute Gasteiger partial charge is 0.475 e. The Hall–Kier alpha value is -0.580. The second-order valence-electron chi connectivity index (χ2n) is 10.7. The Bertz CT molecular complexity index is 413. The van der Waals surface area contributed by atoms with Crippen LogP contribution in [0.4, 0.5) is 0 Å². The lowest BCUT2D eigenvalue weighted by Gasteiger charge is -2.19. The molecule has 37 heavy (non-hydrogen) atoms. The highest BCUT2D eigenvalue weighted by atomic mass is 16.7.